The second kappa shape index (κ2) is 3.14. The minimum absolute atomic E-state index is 0.0315. The van der Waals surface area contributed by atoms with Crippen LogP contribution in [-0.4, -0.2) is 26.3 Å². The Kier molecular flexibility index (Phi) is 1.98. The summed E-state index contributed by atoms with van der Waals surface area (Å²) in [7, 11) is 0. The van der Waals surface area contributed by atoms with Crippen molar-refractivity contribution in [3.8, 4) is 0 Å². The molecule has 0 amide bonds. The Labute approximate surface area is 79.2 Å². The van der Waals surface area contributed by atoms with E-state index in [1.165, 1.54) is 6.20 Å². The quantitative estimate of drug-likeness (QED) is 0.534. The number of ketones is 1. The topological polar surface area (TPSA) is 47.3 Å². The van der Waals surface area contributed by atoms with Gasteiger partial charge in [0.25, 0.3) is 0 Å². The first-order valence-electron chi connectivity index (χ1n) is 3.69. The predicted molar refractivity (Wildman–Crippen MR) is 48.0 cm³/mol. The van der Waals surface area contributed by atoms with Crippen molar-refractivity contribution in [3.05, 3.63) is 30.4 Å². The van der Waals surface area contributed by atoms with Crippen LogP contribution in [0.25, 0.3) is 5.52 Å². The third-order valence-electron chi connectivity index (χ3n) is 1.75. The number of hydrogen-bond donors (Lipinski definition) is 0. The monoisotopic (exact) mass is 195 g/mol. The van der Waals surface area contributed by atoms with Gasteiger partial charge in [-0.1, -0.05) is 0 Å². The molecule has 0 unspecified atom stereocenters. The molecule has 2 rings (SSSR count). The van der Waals surface area contributed by atoms with Crippen molar-refractivity contribution >= 4 is 22.9 Å². The fourth-order valence-corrected chi connectivity index (χ4v) is 1.27. The molecule has 0 spiro atoms. The molecule has 0 aliphatic carbocycles. The van der Waals surface area contributed by atoms with Gasteiger partial charge in [0, 0.05) is 12.4 Å². The Balaban J connectivity index is 2.64. The summed E-state index contributed by atoms with van der Waals surface area (Å²) in [4.78, 5) is 15.2. The van der Waals surface area contributed by atoms with Gasteiger partial charge in [-0.2, -0.15) is 5.10 Å². The molecule has 0 aromatic carbocycles. The van der Waals surface area contributed by atoms with Crippen LogP contribution in [0, 0.1) is 0 Å². The molecule has 2 heterocycles. The summed E-state index contributed by atoms with van der Waals surface area (Å²) in [6.45, 7) is 0. The van der Waals surface area contributed by atoms with Crippen LogP contribution in [0.3, 0.4) is 0 Å². The summed E-state index contributed by atoms with van der Waals surface area (Å²) < 4.78 is 1.59. The molecule has 0 fully saturated rings. The summed E-state index contributed by atoms with van der Waals surface area (Å²) in [5.74, 6) is -0.166. The number of hydrogen-bond acceptors (Lipinski definition) is 3. The van der Waals surface area contributed by atoms with Crippen molar-refractivity contribution in [3.63, 3.8) is 0 Å². The fraction of sp³-hybridized carbons (Fsp3) is 0.125. The number of alkyl halides is 1. The van der Waals surface area contributed by atoms with E-state index in [-0.39, 0.29) is 11.7 Å². The van der Waals surface area contributed by atoms with Crippen LogP contribution in [0.2, 0.25) is 0 Å². The van der Waals surface area contributed by atoms with Gasteiger partial charge in [-0.05, 0) is 0 Å². The minimum Gasteiger partial charge on any atom is -0.293 e. The second-order valence-electron chi connectivity index (χ2n) is 2.52. The van der Waals surface area contributed by atoms with E-state index in [4.69, 9.17) is 11.6 Å². The zero-order valence-corrected chi connectivity index (χ0v) is 7.40. The van der Waals surface area contributed by atoms with E-state index in [0.717, 1.165) is 0 Å². The Morgan fingerprint density at radius 3 is 3.15 bits per heavy atom. The fourth-order valence-electron chi connectivity index (χ4n) is 1.12. The molecular weight excluding hydrogens is 190 g/mol. The van der Waals surface area contributed by atoms with E-state index in [0.29, 0.717) is 11.1 Å². The van der Waals surface area contributed by atoms with E-state index in [9.17, 15) is 4.79 Å². The van der Waals surface area contributed by atoms with Crippen LogP contribution in [0.5, 0.6) is 0 Å². The van der Waals surface area contributed by atoms with E-state index < -0.39 is 0 Å². The molecule has 5 heteroatoms. The Morgan fingerprint density at radius 2 is 2.38 bits per heavy atom. The van der Waals surface area contributed by atoms with Crippen LogP contribution in [-0.2, 0) is 0 Å². The van der Waals surface area contributed by atoms with Gasteiger partial charge in [0.15, 0.2) is 5.78 Å². The van der Waals surface area contributed by atoms with Gasteiger partial charge < -0.3 is 0 Å². The summed E-state index contributed by atoms with van der Waals surface area (Å²) in [6, 6.07) is 0. The number of halogens is 1. The minimum atomic E-state index is -0.135. The van der Waals surface area contributed by atoms with E-state index in [2.05, 4.69) is 10.1 Å². The molecule has 66 valence electrons. The molecule has 13 heavy (non-hydrogen) atoms. The van der Waals surface area contributed by atoms with Gasteiger partial charge in [0.2, 0.25) is 0 Å². The molecule has 4 nitrogen and oxygen atoms in total. The van der Waals surface area contributed by atoms with Crippen LogP contribution >= 0.6 is 11.6 Å². The lowest BCUT2D eigenvalue weighted by molar-refractivity contribution is 0.102. The smallest absolute Gasteiger partial charge is 0.181 e. The van der Waals surface area contributed by atoms with Crippen molar-refractivity contribution in [1.82, 2.24) is 14.6 Å². The summed E-state index contributed by atoms with van der Waals surface area (Å²) >= 11 is 5.44. The number of carbonyl (C=O) groups is 1. The highest BCUT2D eigenvalue weighted by atomic mass is 35.5. The second-order valence-corrected chi connectivity index (χ2v) is 2.79. The lowest BCUT2D eigenvalue weighted by Gasteiger charge is -1.92. The van der Waals surface area contributed by atoms with Gasteiger partial charge in [0.1, 0.15) is 0 Å². The molecule has 0 aliphatic rings. The zero-order valence-electron chi connectivity index (χ0n) is 6.64. The van der Waals surface area contributed by atoms with E-state index in [1.54, 1.807) is 23.1 Å². The molecule has 0 radical (unpaired) electrons. The molecule has 2 aromatic rings. The number of rotatable bonds is 2. The first-order valence-corrected chi connectivity index (χ1v) is 4.23. The summed E-state index contributed by atoms with van der Waals surface area (Å²) in [6.07, 6.45) is 6.38. The standard InChI is InChI=1S/C8H6ClN3O/c9-3-8(13)6-4-11-12-2-1-10-5-7(6)12/h1-2,4-5H,3H2. The highest BCUT2D eigenvalue weighted by Gasteiger charge is 2.10. The van der Waals surface area contributed by atoms with Crippen molar-refractivity contribution in [1.29, 1.82) is 0 Å². The highest BCUT2D eigenvalue weighted by Crippen LogP contribution is 2.09. The Morgan fingerprint density at radius 1 is 1.54 bits per heavy atom. The lowest BCUT2D eigenvalue weighted by Crippen LogP contribution is -1.99. The molecular formula is C8H6ClN3O. The van der Waals surface area contributed by atoms with Crippen molar-refractivity contribution in [2.75, 3.05) is 5.88 Å². The van der Waals surface area contributed by atoms with Crippen LogP contribution in [0.1, 0.15) is 10.4 Å². The molecule has 2 aromatic heterocycles. The first-order chi connectivity index (χ1) is 6.33. The van der Waals surface area contributed by atoms with Gasteiger partial charge in [-0.15, -0.1) is 11.6 Å². The summed E-state index contributed by atoms with van der Waals surface area (Å²) in [5, 5.41) is 3.98. The lowest BCUT2D eigenvalue weighted by atomic mass is 10.2. The third kappa shape index (κ3) is 1.29. The molecule has 0 saturated heterocycles. The molecule has 0 atom stereocenters. The molecule has 0 saturated carbocycles. The number of carbonyl (C=O) groups excluding carboxylic acids is 1. The largest absolute Gasteiger partial charge is 0.293 e. The highest BCUT2D eigenvalue weighted by molar-refractivity contribution is 6.31. The molecule has 0 bridgehead atoms. The van der Waals surface area contributed by atoms with Gasteiger partial charge in [-0.3, -0.25) is 9.78 Å². The van der Waals surface area contributed by atoms with Gasteiger partial charge in [-0.25, -0.2) is 4.52 Å². The van der Waals surface area contributed by atoms with Crippen LogP contribution in [0.15, 0.2) is 24.8 Å². The normalized spacial score (nSPS) is 10.5. The van der Waals surface area contributed by atoms with Crippen molar-refractivity contribution < 1.29 is 4.79 Å². The number of aromatic nitrogens is 3. The maximum absolute atomic E-state index is 11.3. The average molecular weight is 196 g/mol. The number of fused-ring (bicyclic) bond motifs is 1. The maximum atomic E-state index is 11.3. The SMILES string of the molecule is O=C(CCl)c1cnn2ccncc12. The molecule has 0 N–H and O–H groups in total. The van der Waals surface area contributed by atoms with Crippen LogP contribution < -0.4 is 0 Å². The summed E-state index contributed by atoms with van der Waals surface area (Å²) in [5.41, 5.74) is 1.20. The third-order valence-corrected chi connectivity index (χ3v) is 1.99. The molecule has 0 aliphatic heterocycles. The van der Waals surface area contributed by atoms with E-state index in [1.807, 2.05) is 0 Å². The first kappa shape index (κ1) is 8.19. The van der Waals surface area contributed by atoms with Crippen molar-refractivity contribution in [2.45, 2.75) is 0 Å². The van der Waals surface area contributed by atoms with Gasteiger partial charge in [0.05, 0.1) is 29.4 Å². The predicted octanol–water partition coefficient (Wildman–Crippen LogP) is 1.15. The van der Waals surface area contributed by atoms with Crippen LogP contribution in [0.4, 0.5) is 0 Å². The van der Waals surface area contributed by atoms with Gasteiger partial charge >= 0.3 is 0 Å². The Bertz CT molecular complexity index is 451. The average Bonchev–Trinajstić information content (AvgIpc) is 2.60. The number of Topliss-reactive ketones (excluding diaryl/α,β-unsaturated/α-hetero) is 1. The van der Waals surface area contributed by atoms with E-state index >= 15 is 0 Å². The van der Waals surface area contributed by atoms with Crippen molar-refractivity contribution in [2.24, 2.45) is 0 Å². The maximum Gasteiger partial charge on any atom is 0.181 e. The Hall–Kier alpha value is -1.42. The number of nitrogens with zero attached hydrogens (tertiary/aromatic N) is 3. The zero-order chi connectivity index (χ0) is 9.26.